The third-order valence-corrected chi connectivity index (χ3v) is 35.0. The maximum atomic E-state index is 11.1. The Morgan fingerprint density at radius 1 is 0.718 bits per heavy atom. The second kappa shape index (κ2) is 33.8. The fourth-order valence-electron chi connectivity index (χ4n) is 5.60. The van der Waals surface area contributed by atoms with Gasteiger partial charge in [0.15, 0.2) is 0 Å². The molecular weight excluding hydrogens is 1010 g/mol. The molecule has 0 saturated carbocycles. The molecule has 0 radical (unpaired) electrons. The van der Waals surface area contributed by atoms with E-state index in [4.69, 9.17) is 24.4 Å². The van der Waals surface area contributed by atoms with Crippen molar-refractivity contribution in [3.8, 4) is 0 Å². The van der Waals surface area contributed by atoms with Gasteiger partial charge in [-0.1, -0.05) is 107 Å². The van der Waals surface area contributed by atoms with Gasteiger partial charge in [-0.15, -0.1) is 39.5 Å². The summed E-state index contributed by atoms with van der Waals surface area (Å²) in [6.07, 6.45) is 9.96. The van der Waals surface area contributed by atoms with Crippen LogP contribution in [0.4, 0.5) is 0 Å². The Morgan fingerprint density at radius 2 is 1.11 bits per heavy atom. The lowest BCUT2D eigenvalue weighted by Gasteiger charge is -2.49. The van der Waals surface area contributed by atoms with E-state index in [0.717, 1.165) is 36.9 Å². The Kier molecular flexibility index (Phi) is 33.5. The van der Waals surface area contributed by atoms with Gasteiger partial charge in [-0.3, -0.25) is 0 Å². The number of cyclic esters (lactones) is 3. The quantitative estimate of drug-likeness (QED) is 0.0231. The lowest BCUT2D eigenvalue weighted by atomic mass is 9.92. The van der Waals surface area contributed by atoms with Gasteiger partial charge in [-0.05, 0) is 24.8 Å². The van der Waals surface area contributed by atoms with E-state index in [0.29, 0.717) is 0 Å². The Hall–Kier alpha value is -4.82. The fraction of sp³-hybridized carbons (Fsp3) is 0.404. The zero-order valence-electron chi connectivity index (χ0n) is 43.6. The predicted octanol–water partition coefficient (Wildman–Crippen LogP) is 4.71. The van der Waals surface area contributed by atoms with Crippen molar-refractivity contribution in [2.24, 2.45) is 5.41 Å². The highest BCUT2D eigenvalue weighted by molar-refractivity contribution is 7.12. The SMILES string of the molecule is C=CC(=O)OCC(CO)(COC(=O)C=C)COC(=O)C=C.C=CC(O)[Si](C)(C)C.C=CCN[Si](C)(C)C.C=C[Si]1(C)C[Si](C)(C=C)N[Si](C)(C=C)N[Si](C)(C=C)N1.O=C1C=CC(=O)O1.O=C1C=CC(O)O1. The van der Waals surface area contributed by atoms with E-state index in [9.17, 15) is 33.9 Å². The molecule has 0 aromatic rings. The number of aliphatic hydroxyl groups excluding tert-OH is 3. The number of hydrogen-bond acceptors (Lipinski definition) is 18. The van der Waals surface area contributed by atoms with Crippen LogP contribution in [0.3, 0.4) is 0 Å². The van der Waals surface area contributed by atoms with E-state index < -0.39 is 104 Å². The molecule has 0 aromatic carbocycles. The Labute approximate surface area is 428 Å². The number of hydrogen-bond donors (Lipinski definition) is 7. The second-order valence-electron chi connectivity index (χ2n) is 18.9. The molecule has 24 heteroatoms. The summed E-state index contributed by atoms with van der Waals surface area (Å²) >= 11 is 0. The molecule has 6 atom stereocenters. The minimum atomic E-state index is -1.91. The average molecular weight is 1100 g/mol. The van der Waals surface area contributed by atoms with Crippen LogP contribution in [0.2, 0.25) is 71.1 Å². The van der Waals surface area contributed by atoms with Crippen LogP contribution < -0.4 is 18.9 Å². The predicted molar refractivity (Wildman–Crippen MR) is 297 cm³/mol. The van der Waals surface area contributed by atoms with E-state index in [2.05, 4.69) is 176 Å². The van der Waals surface area contributed by atoms with E-state index in [1.165, 1.54) is 17.8 Å². The van der Waals surface area contributed by atoms with E-state index in [1.54, 1.807) is 6.08 Å². The van der Waals surface area contributed by atoms with Crippen LogP contribution >= 0.6 is 0 Å². The van der Waals surface area contributed by atoms with E-state index in [1.807, 2.05) is 6.08 Å². The molecular formula is C47H82N4O14Si6. The zero-order chi connectivity index (χ0) is 55.9. The lowest BCUT2D eigenvalue weighted by Crippen LogP contribution is -2.83. The molecule has 3 aliphatic heterocycles. The fourth-order valence-corrected chi connectivity index (χ4v) is 34.5. The molecule has 3 heterocycles. The zero-order valence-corrected chi connectivity index (χ0v) is 49.6. The van der Waals surface area contributed by atoms with Gasteiger partial charge in [-0.25, -0.2) is 28.8 Å². The highest BCUT2D eigenvalue weighted by Gasteiger charge is 2.48. The number of carbonyl (C=O) groups excluding carboxylic acids is 6. The van der Waals surface area contributed by atoms with Crippen molar-refractivity contribution in [1.29, 1.82) is 0 Å². The minimum Gasteiger partial charge on any atom is -0.462 e. The standard InChI is InChI=1S/C14H18O7.C13H29N3Si4.C6H15NSi.C6H14OSi.C4H4O3.C4H2O3/c1-4-11(16)19-8-14(7-15,9-20-12(17)5-2)10-21-13(18)6-3;1-9-17(5)13-18(6,10-2)15-20(8,12-4)16-19(7,11-3)14-17;1-5-6-7-8(2,3)4;1-5-6(7)8(2,3)4;2*5-3-1-2-4(6)7-3/h4-6,15H,1-3,7-10H2;9-12,14-16H,1-4,13H2,5-8H3;5,7H,1,6H2,2-4H3;5-7H,1H2,2-4H3;1-3,5H;1-2H. The van der Waals surface area contributed by atoms with Crippen LogP contribution in [0.5, 0.6) is 0 Å². The first kappa shape index (κ1) is 70.4. The number of aliphatic hydroxyl groups is 3. The molecule has 18 nitrogen and oxygen atoms in total. The van der Waals surface area contributed by atoms with Crippen LogP contribution in [0.1, 0.15) is 0 Å². The van der Waals surface area contributed by atoms with E-state index in [-0.39, 0.29) is 25.5 Å². The molecule has 1 saturated heterocycles. The van der Waals surface area contributed by atoms with Gasteiger partial charge in [0.05, 0.1) is 25.8 Å². The van der Waals surface area contributed by atoms with Crippen molar-refractivity contribution < 1.29 is 67.8 Å². The third-order valence-electron chi connectivity index (χ3n) is 9.54. The molecule has 3 aliphatic rings. The summed E-state index contributed by atoms with van der Waals surface area (Å²) in [5.74, 6) is -3.81. The van der Waals surface area contributed by atoms with Crippen molar-refractivity contribution in [3.63, 3.8) is 0 Å². The summed E-state index contributed by atoms with van der Waals surface area (Å²) < 4.78 is 34.4. The molecule has 1 fully saturated rings. The maximum absolute atomic E-state index is 11.1. The molecule has 0 aliphatic carbocycles. The topological polar surface area (TPSA) is 257 Å². The van der Waals surface area contributed by atoms with Gasteiger partial charge in [0, 0.05) is 43.0 Å². The first-order valence-corrected chi connectivity index (χ1v) is 40.0. The Bertz CT molecular complexity index is 1780. The second-order valence-corrected chi connectivity index (χ2v) is 45.6. The van der Waals surface area contributed by atoms with Gasteiger partial charge in [0.2, 0.25) is 23.1 Å². The van der Waals surface area contributed by atoms with Gasteiger partial charge >= 0.3 is 35.8 Å². The van der Waals surface area contributed by atoms with Crippen molar-refractivity contribution in [2.75, 3.05) is 33.0 Å². The van der Waals surface area contributed by atoms with Crippen LogP contribution in [0.15, 0.2) is 137 Å². The van der Waals surface area contributed by atoms with Gasteiger partial charge in [0.25, 0.3) is 0 Å². The Balaban J connectivity index is -0.000000839. The average Bonchev–Trinajstić information content (AvgIpc) is 3.90. The van der Waals surface area contributed by atoms with Gasteiger partial charge < -0.3 is 57.9 Å². The van der Waals surface area contributed by atoms with Gasteiger partial charge in [0.1, 0.15) is 44.5 Å². The minimum absolute atomic E-state index is 0.248. The van der Waals surface area contributed by atoms with Crippen molar-refractivity contribution in [2.45, 2.75) is 83.2 Å². The molecule has 0 amide bonds. The van der Waals surface area contributed by atoms with E-state index >= 15 is 0 Å². The van der Waals surface area contributed by atoms with Crippen molar-refractivity contribution >= 4 is 85.4 Å². The summed E-state index contributed by atoms with van der Waals surface area (Å²) in [6.45, 7) is 55.0. The van der Waals surface area contributed by atoms with Crippen LogP contribution in [-0.4, -0.2) is 146 Å². The molecule has 398 valence electrons. The summed E-state index contributed by atoms with van der Waals surface area (Å²) in [7, 11) is -9.59. The third kappa shape index (κ3) is 32.7. The number of nitrogens with one attached hydrogen (secondary N) is 4. The number of rotatable bonds is 19. The van der Waals surface area contributed by atoms with Crippen LogP contribution in [-0.2, 0) is 52.5 Å². The Morgan fingerprint density at radius 3 is 1.28 bits per heavy atom. The van der Waals surface area contributed by atoms with Gasteiger partial charge in [-0.2, -0.15) is 0 Å². The summed E-state index contributed by atoms with van der Waals surface area (Å²) in [5, 5.41) is 27.0. The molecule has 0 spiro atoms. The summed E-state index contributed by atoms with van der Waals surface area (Å²) in [5.41, 5.74) is 8.16. The van der Waals surface area contributed by atoms with Crippen LogP contribution in [0, 0.1) is 5.41 Å². The normalized spacial score (nSPS) is 23.5. The monoisotopic (exact) mass is 1090 g/mol. The highest BCUT2D eigenvalue weighted by Crippen LogP contribution is 2.24. The molecule has 6 unspecified atom stereocenters. The van der Waals surface area contributed by atoms with Crippen molar-refractivity contribution in [3.05, 3.63) is 137 Å². The molecule has 0 bridgehead atoms. The molecule has 0 aromatic heterocycles. The first-order chi connectivity index (χ1) is 32.6. The summed E-state index contributed by atoms with van der Waals surface area (Å²) in [4.78, 5) is 66.5. The molecule has 71 heavy (non-hydrogen) atoms. The largest absolute Gasteiger partial charge is 0.462 e. The number of esters is 6. The number of carbonyl (C=O) groups is 6. The first-order valence-electron chi connectivity index (χ1n) is 22.2. The molecule has 3 rings (SSSR count). The lowest BCUT2D eigenvalue weighted by molar-refractivity contribution is -0.159. The molecule has 7 N–H and O–H groups in total. The smallest absolute Gasteiger partial charge is 0.338 e. The van der Waals surface area contributed by atoms with Crippen LogP contribution in [0.25, 0.3) is 0 Å². The van der Waals surface area contributed by atoms with Crippen molar-refractivity contribution in [1.82, 2.24) is 18.9 Å². The summed E-state index contributed by atoms with van der Waals surface area (Å²) in [6, 6.07) is 0. The highest BCUT2D eigenvalue weighted by atomic mass is 28.5. The maximum Gasteiger partial charge on any atom is 0.338 e. The number of ether oxygens (including phenoxy) is 5.